The second-order valence-corrected chi connectivity index (χ2v) is 7.33. The summed E-state index contributed by atoms with van der Waals surface area (Å²) >= 11 is 5.90. The fraction of sp³-hybridized carbons (Fsp3) is 0.538. The van der Waals surface area contributed by atoms with E-state index in [-0.39, 0.29) is 30.7 Å². The van der Waals surface area contributed by atoms with Gasteiger partial charge in [0.2, 0.25) is 10.0 Å². The molecular formula is C13H18ClNO4S. The predicted molar refractivity (Wildman–Crippen MR) is 76.4 cm³/mol. The Balaban J connectivity index is 2.36. The third-order valence-corrected chi connectivity index (χ3v) is 5.47. The molecule has 0 amide bonds. The third kappa shape index (κ3) is 3.15. The van der Waals surface area contributed by atoms with Crippen molar-refractivity contribution in [1.29, 1.82) is 0 Å². The lowest BCUT2D eigenvalue weighted by Crippen LogP contribution is -2.50. The van der Waals surface area contributed by atoms with Gasteiger partial charge in [-0.3, -0.25) is 0 Å². The summed E-state index contributed by atoms with van der Waals surface area (Å²) in [4.78, 5) is 0.204. The van der Waals surface area contributed by atoms with Crippen molar-refractivity contribution >= 4 is 21.6 Å². The molecule has 1 aliphatic heterocycles. The molecule has 1 saturated heterocycles. The summed E-state index contributed by atoms with van der Waals surface area (Å²) in [5.41, 5.74) is 0.647. The minimum Gasteiger partial charge on any atom is -0.394 e. The number of rotatable bonds is 3. The van der Waals surface area contributed by atoms with Crippen LogP contribution < -0.4 is 0 Å². The number of hydrogen-bond acceptors (Lipinski definition) is 4. The number of aryl methyl sites for hydroxylation is 1. The number of morpholine rings is 1. The van der Waals surface area contributed by atoms with Crippen LogP contribution in [0.2, 0.25) is 5.02 Å². The van der Waals surface area contributed by atoms with Gasteiger partial charge in [0.1, 0.15) is 0 Å². The molecule has 1 heterocycles. The Morgan fingerprint density at radius 2 is 2.15 bits per heavy atom. The number of halogens is 1. The molecule has 112 valence electrons. The van der Waals surface area contributed by atoms with E-state index in [1.165, 1.54) is 10.4 Å². The van der Waals surface area contributed by atoms with Gasteiger partial charge in [-0.25, -0.2) is 8.42 Å². The van der Waals surface area contributed by atoms with Gasteiger partial charge in [0.05, 0.1) is 23.7 Å². The van der Waals surface area contributed by atoms with Crippen molar-refractivity contribution in [3.8, 4) is 0 Å². The summed E-state index contributed by atoms with van der Waals surface area (Å²) in [6.07, 6.45) is -0.747. The topological polar surface area (TPSA) is 66.8 Å². The van der Waals surface area contributed by atoms with Gasteiger partial charge in [-0.1, -0.05) is 17.7 Å². The van der Waals surface area contributed by atoms with E-state index in [2.05, 4.69) is 0 Å². The number of sulfonamides is 1. The maximum atomic E-state index is 12.7. The molecule has 2 rings (SSSR count). The Labute approximate surface area is 124 Å². The van der Waals surface area contributed by atoms with Crippen LogP contribution in [-0.4, -0.2) is 49.7 Å². The second-order valence-electron chi connectivity index (χ2n) is 4.98. The molecule has 0 radical (unpaired) electrons. The van der Waals surface area contributed by atoms with E-state index in [9.17, 15) is 13.5 Å². The predicted octanol–water partition coefficient (Wildman–Crippen LogP) is 1.42. The number of benzene rings is 1. The van der Waals surface area contributed by atoms with Gasteiger partial charge in [-0.05, 0) is 31.5 Å². The summed E-state index contributed by atoms with van der Waals surface area (Å²) in [6.45, 7) is 3.73. The minimum absolute atomic E-state index is 0.148. The average Bonchev–Trinajstić information content (AvgIpc) is 2.40. The maximum Gasteiger partial charge on any atom is 0.243 e. The Hall–Kier alpha value is -0.660. The number of ether oxygens (including phenoxy) is 1. The van der Waals surface area contributed by atoms with E-state index in [1.807, 2.05) is 0 Å². The van der Waals surface area contributed by atoms with Crippen molar-refractivity contribution < 1.29 is 18.3 Å². The Morgan fingerprint density at radius 3 is 2.80 bits per heavy atom. The van der Waals surface area contributed by atoms with E-state index in [4.69, 9.17) is 16.3 Å². The fourth-order valence-corrected chi connectivity index (χ4v) is 4.33. The molecule has 2 atom stereocenters. The van der Waals surface area contributed by atoms with E-state index in [0.29, 0.717) is 10.6 Å². The first kappa shape index (κ1) is 15.7. The van der Waals surface area contributed by atoms with Crippen LogP contribution in [0.15, 0.2) is 23.1 Å². The lowest BCUT2D eigenvalue weighted by molar-refractivity contribution is -0.0750. The van der Waals surface area contributed by atoms with E-state index < -0.39 is 16.1 Å². The van der Waals surface area contributed by atoms with Gasteiger partial charge in [0, 0.05) is 18.1 Å². The molecule has 2 unspecified atom stereocenters. The quantitative estimate of drug-likeness (QED) is 0.915. The highest BCUT2D eigenvalue weighted by atomic mass is 35.5. The van der Waals surface area contributed by atoms with Gasteiger partial charge < -0.3 is 9.84 Å². The van der Waals surface area contributed by atoms with Crippen LogP contribution >= 0.6 is 11.6 Å². The lowest BCUT2D eigenvalue weighted by Gasteiger charge is -2.35. The van der Waals surface area contributed by atoms with Crippen molar-refractivity contribution in [3.05, 3.63) is 28.8 Å². The highest BCUT2D eigenvalue weighted by molar-refractivity contribution is 7.89. The Kier molecular flexibility index (Phi) is 4.71. The number of hydrogen-bond donors (Lipinski definition) is 1. The van der Waals surface area contributed by atoms with Crippen molar-refractivity contribution in [2.24, 2.45) is 0 Å². The zero-order valence-electron chi connectivity index (χ0n) is 11.4. The molecule has 1 aromatic carbocycles. The van der Waals surface area contributed by atoms with E-state index in [0.717, 1.165) is 0 Å². The van der Waals surface area contributed by atoms with Crippen LogP contribution in [-0.2, 0) is 14.8 Å². The number of aliphatic hydroxyl groups is 1. The maximum absolute atomic E-state index is 12.7. The first-order chi connectivity index (χ1) is 9.34. The molecule has 1 N–H and O–H groups in total. The molecular weight excluding hydrogens is 302 g/mol. The van der Waals surface area contributed by atoms with Crippen LogP contribution in [0.1, 0.15) is 12.5 Å². The van der Waals surface area contributed by atoms with Crippen LogP contribution in [0.25, 0.3) is 0 Å². The summed E-state index contributed by atoms with van der Waals surface area (Å²) in [5, 5.41) is 9.58. The molecule has 1 aliphatic rings. The smallest absolute Gasteiger partial charge is 0.243 e. The molecule has 7 heteroatoms. The Morgan fingerprint density at radius 1 is 1.45 bits per heavy atom. The first-order valence-corrected chi connectivity index (χ1v) is 8.19. The van der Waals surface area contributed by atoms with Crippen LogP contribution in [0, 0.1) is 6.92 Å². The molecule has 0 bridgehead atoms. The monoisotopic (exact) mass is 319 g/mol. The molecule has 0 aromatic heterocycles. The molecule has 0 saturated carbocycles. The lowest BCUT2D eigenvalue weighted by atomic mass is 10.2. The fourth-order valence-electron chi connectivity index (χ4n) is 2.29. The van der Waals surface area contributed by atoms with Gasteiger partial charge in [-0.2, -0.15) is 4.31 Å². The summed E-state index contributed by atoms with van der Waals surface area (Å²) < 4.78 is 32.2. The minimum atomic E-state index is -3.63. The molecule has 0 aliphatic carbocycles. The molecule has 5 nitrogen and oxygen atoms in total. The van der Waals surface area contributed by atoms with Gasteiger partial charge in [0.25, 0.3) is 0 Å². The zero-order valence-corrected chi connectivity index (χ0v) is 13.0. The summed E-state index contributed by atoms with van der Waals surface area (Å²) in [7, 11) is -3.63. The van der Waals surface area contributed by atoms with Crippen LogP contribution in [0.4, 0.5) is 0 Å². The highest BCUT2D eigenvalue weighted by Crippen LogP contribution is 2.26. The van der Waals surface area contributed by atoms with Crippen molar-refractivity contribution in [2.45, 2.75) is 31.0 Å². The van der Waals surface area contributed by atoms with Crippen molar-refractivity contribution in [3.63, 3.8) is 0 Å². The number of nitrogens with zero attached hydrogens (tertiary/aromatic N) is 1. The van der Waals surface area contributed by atoms with Gasteiger partial charge >= 0.3 is 0 Å². The SMILES string of the molecule is Cc1ccc(Cl)cc1S(=O)(=O)N1CC(C)OC(CO)C1. The van der Waals surface area contributed by atoms with Gasteiger partial charge in [0.15, 0.2) is 0 Å². The van der Waals surface area contributed by atoms with E-state index in [1.54, 1.807) is 26.0 Å². The summed E-state index contributed by atoms with van der Waals surface area (Å²) in [5.74, 6) is 0. The van der Waals surface area contributed by atoms with Crippen molar-refractivity contribution in [1.82, 2.24) is 4.31 Å². The van der Waals surface area contributed by atoms with E-state index >= 15 is 0 Å². The van der Waals surface area contributed by atoms with Gasteiger partial charge in [-0.15, -0.1) is 0 Å². The molecule has 0 spiro atoms. The molecule has 1 fully saturated rings. The second kappa shape index (κ2) is 5.99. The molecule has 20 heavy (non-hydrogen) atoms. The average molecular weight is 320 g/mol. The largest absolute Gasteiger partial charge is 0.394 e. The third-order valence-electron chi connectivity index (χ3n) is 3.26. The van der Waals surface area contributed by atoms with Crippen molar-refractivity contribution in [2.75, 3.05) is 19.7 Å². The highest BCUT2D eigenvalue weighted by Gasteiger charge is 2.34. The van der Waals surface area contributed by atoms with Crippen LogP contribution in [0.5, 0.6) is 0 Å². The molecule has 1 aromatic rings. The Bertz CT molecular complexity index is 590. The first-order valence-electron chi connectivity index (χ1n) is 6.37. The normalized spacial score (nSPS) is 24.8. The summed E-state index contributed by atoms with van der Waals surface area (Å²) in [6, 6.07) is 4.80. The van der Waals surface area contributed by atoms with Crippen LogP contribution in [0.3, 0.4) is 0 Å². The standard InChI is InChI=1S/C13H18ClNO4S/c1-9-3-4-11(14)5-13(9)20(17,18)15-6-10(2)19-12(7-15)8-16/h3-5,10,12,16H,6-8H2,1-2H3. The number of aliphatic hydroxyl groups excluding tert-OH is 1. The zero-order chi connectivity index (χ0) is 14.9.